The third kappa shape index (κ3) is 24.5. The Morgan fingerprint density at radius 3 is 1.77 bits per heavy atom. The van der Waals surface area contributed by atoms with Gasteiger partial charge in [0.25, 0.3) is 0 Å². The Hall–Kier alpha value is -0.410. The summed E-state index contributed by atoms with van der Waals surface area (Å²) in [4.78, 5) is 9.17. The van der Waals surface area contributed by atoms with Crippen molar-refractivity contribution in [2.75, 3.05) is 13.7 Å². The van der Waals surface area contributed by atoms with Gasteiger partial charge in [-0.05, 0) is 13.5 Å². The quantitative estimate of drug-likeness (QED) is 0.664. The van der Waals surface area contributed by atoms with Gasteiger partial charge < -0.3 is 15.2 Å². The molecule has 0 fully saturated rings. The van der Waals surface area contributed by atoms with Crippen LogP contribution in [0.4, 0.5) is 0 Å². The van der Waals surface area contributed by atoms with Crippen molar-refractivity contribution < 1.29 is 9.90 Å². The topological polar surface area (TPSA) is 49.3 Å². The summed E-state index contributed by atoms with van der Waals surface area (Å²) < 4.78 is 0. The van der Waals surface area contributed by atoms with Crippen LogP contribution in [0.15, 0.2) is 0 Å². The first-order chi connectivity index (χ1) is 6.26. The molecule has 2 N–H and O–H groups in total. The number of aliphatic hydroxyl groups excluding tert-OH is 1. The molecule has 82 valence electrons. The molecule has 0 aliphatic rings. The van der Waals surface area contributed by atoms with Crippen molar-refractivity contribution in [2.24, 2.45) is 0 Å². The SMILES string of the molecule is CC.CCC(CO)NC.CCC=O. The summed E-state index contributed by atoms with van der Waals surface area (Å²) in [5.41, 5.74) is 0. The number of nitrogens with one attached hydrogen (secondary N) is 1. The van der Waals surface area contributed by atoms with Gasteiger partial charge in [0, 0.05) is 12.5 Å². The third-order valence-corrected chi connectivity index (χ3v) is 1.29. The predicted molar refractivity (Wildman–Crippen MR) is 57.9 cm³/mol. The molecule has 0 rings (SSSR count). The predicted octanol–water partition coefficient (Wildman–Crippen LogP) is 1.60. The fourth-order valence-corrected chi connectivity index (χ4v) is 0.425. The van der Waals surface area contributed by atoms with Gasteiger partial charge in [0.1, 0.15) is 6.29 Å². The lowest BCUT2D eigenvalue weighted by molar-refractivity contribution is -0.107. The van der Waals surface area contributed by atoms with E-state index < -0.39 is 0 Å². The Morgan fingerprint density at radius 1 is 1.38 bits per heavy atom. The Balaban J connectivity index is -0.000000142. The summed E-state index contributed by atoms with van der Waals surface area (Å²) in [5.74, 6) is 0. The minimum absolute atomic E-state index is 0.243. The van der Waals surface area contributed by atoms with Crippen molar-refractivity contribution in [2.45, 2.75) is 46.6 Å². The summed E-state index contributed by atoms with van der Waals surface area (Å²) >= 11 is 0. The molecular weight excluding hydrogens is 166 g/mol. The number of likely N-dealkylation sites (N-methyl/N-ethyl adjacent to an activating group) is 1. The molecule has 3 heteroatoms. The molecule has 0 spiro atoms. The minimum atomic E-state index is 0.243. The molecule has 0 saturated heterocycles. The smallest absolute Gasteiger partial charge is 0.119 e. The van der Waals surface area contributed by atoms with Gasteiger partial charge in [-0.15, -0.1) is 0 Å². The number of carbonyl (C=O) groups excluding carboxylic acids is 1. The van der Waals surface area contributed by atoms with Crippen molar-refractivity contribution >= 4 is 6.29 Å². The maximum absolute atomic E-state index is 9.17. The lowest BCUT2D eigenvalue weighted by Crippen LogP contribution is -2.27. The average Bonchev–Trinajstić information content (AvgIpc) is 2.24. The highest BCUT2D eigenvalue weighted by Crippen LogP contribution is 1.84. The molecule has 0 aromatic rings. The van der Waals surface area contributed by atoms with E-state index in [2.05, 4.69) is 5.32 Å². The van der Waals surface area contributed by atoms with Crippen LogP contribution < -0.4 is 5.32 Å². The van der Waals surface area contributed by atoms with Crippen LogP contribution >= 0.6 is 0 Å². The van der Waals surface area contributed by atoms with Crippen LogP contribution in [-0.2, 0) is 4.79 Å². The Labute approximate surface area is 82.5 Å². The lowest BCUT2D eigenvalue weighted by Gasteiger charge is -2.07. The largest absolute Gasteiger partial charge is 0.395 e. The van der Waals surface area contributed by atoms with Gasteiger partial charge in [-0.1, -0.05) is 27.7 Å². The zero-order valence-electron chi connectivity index (χ0n) is 9.63. The highest BCUT2D eigenvalue weighted by molar-refractivity contribution is 5.48. The Morgan fingerprint density at radius 2 is 1.77 bits per heavy atom. The molecule has 3 nitrogen and oxygen atoms in total. The van der Waals surface area contributed by atoms with Crippen LogP contribution in [0.3, 0.4) is 0 Å². The molecule has 0 radical (unpaired) electrons. The van der Waals surface area contributed by atoms with Crippen molar-refractivity contribution in [1.82, 2.24) is 5.32 Å². The van der Waals surface area contributed by atoms with E-state index in [0.717, 1.165) is 12.7 Å². The van der Waals surface area contributed by atoms with Gasteiger partial charge in [0.15, 0.2) is 0 Å². The van der Waals surface area contributed by atoms with E-state index >= 15 is 0 Å². The Bertz CT molecular complexity index is 67.8. The zero-order valence-corrected chi connectivity index (χ0v) is 9.63. The number of rotatable bonds is 4. The molecule has 0 amide bonds. The molecule has 0 heterocycles. The van der Waals surface area contributed by atoms with Crippen LogP contribution in [0.5, 0.6) is 0 Å². The molecule has 0 aromatic carbocycles. The maximum atomic E-state index is 9.17. The summed E-state index contributed by atoms with van der Waals surface area (Å²) in [7, 11) is 1.85. The molecule has 0 bridgehead atoms. The highest BCUT2D eigenvalue weighted by atomic mass is 16.3. The molecule has 1 atom stereocenters. The van der Waals surface area contributed by atoms with E-state index in [4.69, 9.17) is 5.11 Å². The molecular formula is C10H25NO2. The van der Waals surface area contributed by atoms with Crippen LogP contribution in [0.2, 0.25) is 0 Å². The molecule has 0 aromatic heterocycles. The number of aldehydes is 1. The first-order valence-corrected chi connectivity index (χ1v) is 4.98. The average molecular weight is 191 g/mol. The van der Waals surface area contributed by atoms with Crippen molar-refractivity contribution in [1.29, 1.82) is 0 Å². The summed E-state index contributed by atoms with van der Waals surface area (Å²) in [6.07, 6.45) is 2.51. The number of hydrogen-bond acceptors (Lipinski definition) is 3. The molecule has 13 heavy (non-hydrogen) atoms. The van der Waals surface area contributed by atoms with Gasteiger partial charge in [0.2, 0.25) is 0 Å². The zero-order chi connectivity index (χ0) is 11.1. The van der Waals surface area contributed by atoms with Crippen LogP contribution in [0, 0.1) is 0 Å². The van der Waals surface area contributed by atoms with E-state index in [1.165, 1.54) is 0 Å². The van der Waals surface area contributed by atoms with E-state index in [1.807, 2.05) is 34.7 Å². The van der Waals surface area contributed by atoms with Crippen molar-refractivity contribution in [3.63, 3.8) is 0 Å². The van der Waals surface area contributed by atoms with Crippen molar-refractivity contribution in [3.8, 4) is 0 Å². The lowest BCUT2D eigenvalue weighted by atomic mass is 10.2. The van der Waals surface area contributed by atoms with Crippen LogP contribution in [0.25, 0.3) is 0 Å². The second-order valence-electron chi connectivity index (χ2n) is 2.15. The van der Waals surface area contributed by atoms with Gasteiger partial charge in [-0.3, -0.25) is 0 Å². The molecule has 1 unspecified atom stereocenters. The molecule has 0 aliphatic carbocycles. The number of carbonyl (C=O) groups is 1. The van der Waals surface area contributed by atoms with Gasteiger partial charge in [0.05, 0.1) is 6.61 Å². The summed E-state index contributed by atoms with van der Waals surface area (Å²) in [6, 6.07) is 0.292. The van der Waals surface area contributed by atoms with Crippen LogP contribution in [-0.4, -0.2) is 31.1 Å². The van der Waals surface area contributed by atoms with Crippen molar-refractivity contribution in [3.05, 3.63) is 0 Å². The van der Waals surface area contributed by atoms with E-state index in [9.17, 15) is 4.79 Å². The number of hydrogen-bond donors (Lipinski definition) is 2. The van der Waals surface area contributed by atoms with Crippen LogP contribution in [0.1, 0.15) is 40.5 Å². The number of aliphatic hydroxyl groups is 1. The Kier molecular flexibility index (Phi) is 31.9. The van der Waals surface area contributed by atoms with Gasteiger partial charge >= 0.3 is 0 Å². The monoisotopic (exact) mass is 191 g/mol. The fraction of sp³-hybridized carbons (Fsp3) is 0.900. The second kappa shape index (κ2) is 22.6. The van der Waals surface area contributed by atoms with Gasteiger partial charge in [-0.25, -0.2) is 0 Å². The first kappa shape index (κ1) is 18.4. The highest BCUT2D eigenvalue weighted by Gasteiger charge is 1.95. The van der Waals surface area contributed by atoms with E-state index in [1.54, 1.807) is 0 Å². The van der Waals surface area contributed by atoms with E-state index in [-0.39, 0.29) is 6.61 Å². The normalized spacial score (nSPS) is 10.0. The van der Waals surface area contributed by atoms with E-state index in [0.29, 0.717) is 12.5 Å². The first-order valence-electron chi connectivity index (χ1n) is 4.98. The maximum Gasteiger partial charge on any atom is 0.119 e. The standard InChI is InChI=1S/C5H13NO.C3H6O.C2H6/c1-3-5(4-7)6-2;1-2-3-4;1-2/h5-7H,3-4H2,1-2H3;3H,2H2,1H3;1-2H3. The third-order valence-electron chi connectivity index (χ3n) is 1.29. The second-order valence-corrected chi connectivity index (χ2v) is 2.15. The molecule has 0 saturated carbocycles. The fourth-order valence-electron chi connectivity index (χ4n) is 0.425. The van der Waals surface area contributed by atoms with Gasteiger partial charge in [-0.2, -0.15) is 0 Å². The summed E-state index contributed by atoms with van der Waals surface area (Å²) in [6.45, 7) is 8.09. The molecule has 0 aliphatic heterocycles. The summed E-state index contributed by atoms with van der Waals surface area (Å²) in [5, 5.41) is 11.4. The minimum Gasteiger partial charge on any atom is -0.395 e.